The molecule has 1 aromatic carbocycles. The van der Waals surface area contributed by atoms with Crippen LogP contribution in [0.1, 0.15) is 0 Å². The van der Waals surface area contributed by atoms with Crippen molar-refractivity contribution >= 4 is 17.3 Å². The van der Waals surface area contributed by atoms with Crippen molar-refractivity contribution in [2.45, 2.75) is 61.4 Å². The van der Waals surface area contributed by atoms with E-state index in [1.807, 2.05) is 0 Å². The van der Waals surface area contributed by atoms with E-state index in [0.29, 0.717) is 0 Å². The first-order chi connectivity index (χ1) is 15.6. The Balaban J connectivity index is 1.73. The Bertz CT molecular complexity index is 827. The lowest BCUT2D eigenvalue weighted by atomic mass is 9.97. The lowest BCUT2D eigenvalue weighted by Crippen LogP contribution is -2.65. The van der Waals surface area contributed by atoms with Crippen LogP contribution in [0.5, 0.6) is 5.75 Å². The van der Waals surface area contributed by atoms with Crippen LogP contribution in [0.15, 0.2) is 18.2 Å². The second-order valence-corrected chi connectivity index (χ2v) is 7.90. The maximum Gasteiger partial charge on any atom is 0.271 e. The first-order valence-electron chi connectivity index (χ1n) is 9.78. The average molecular weight is 498 g/mol. The molecule has 0 amide bonds. The zero-order valence-corrected chi connectivity index (χ0v) is 17.6. The summed E-state index contributed by atoms with van der Waals surface area (Å²) >= 11 is 5.96. The van der Waals surface area contributed by atoms with Gasteiger partial charge in [-0.2, -0.15) is 0 Å². The largest absolute Gasteiger partial charge is 0.460 e. The number of hydrogen-bond donors (Lipinski definition) is 7. The van der Waals surface area contributed by atoms with Gasteiger partial charge in [0.05, 0.1) is 23.2 Å². The van der Waals surface area contributed by atoms with Gasteiger partial charge < -0.3 is 54.7 Å². The molecule has 7 N–H and O–H groups in total. The summed E-state index contributed by atoms with van der Waals surface area (Å²) in [6.45, 7) is -1.47. The van der Waals surface area contributed by atoms with Crippen molar-refractivity contribution < 1.29 is 59.6 Å². The van der Waals surface area contributed by atoms with Gasteiger partial charge in [0, 0.05) is 12.1 Å². The molecule has 2 saturated heterocycles. The highest BCUT2D eigenvalue weighted by Crippen LogP contribution is 2.33. The Labute approximate surface area is 191 Å². The van der Waals surface area contributed by atoms with Crippen molar-refractivity contribution in [2.24, 2.45) is 0 Å². The third-order valence-corrected chi connectivity index (χ3v) is 5.63. The molecule has 0 bridgehead atoms. The van der Waals surface area contributed by atoms with Crippen molar-refractivity contribution in [2.75, 3.05) is 13.2 Å². The highest BCUT2D eigenvalue weighted by Gasteiger charge is 2.51. The topological polar surface area (TPSA) is 222 Å². The lowest BCUT2D eigenvalue weighted by Gasteiger charge is -2.45. The number of non-ortho nitro benzene ring substituents is 1. The summed E-state index contributed by atoms with van der Waals surface area (Å²) in [6.07, 6.45) is -16.1. The molecule has 0 aliphatic carbocycles. The number of benzene rings is 1. The zero-order valence-electron chi connectivity index (χ0n) is 16.8. The molecule has 186 valence electrons. The number of hydrogen-bond acceptors (Lipinski definition) is 13. The van der Waals surface area contributed by atoms with E-state index < -0.39 is 79.5 Å². The second kappa shape index (κ2) is 10.7. The van der Waals surface area contributed by atoms with Gasteiger partial charge in [-0.25, -0.2) is 0 Å². The SMILES string of the molecule is O=[N+]([O-])c1ccc(O[C@@H]2O[C@@H](CO)[C@@H](O[C@H]3O[C@@H](CO)[C@H](O)[C@@H](O)[C@@H]3O)[C@H](O)[C@H]2O)c(Cl)c1. The molecular formula is C18H24ClNO13. The fraction of sp³-hybridized carbons (Fsp3) is 0.667. The molecule has 2 fully saturated rings. The average Bonchev–Trinajstić information content (AvgIpc) is 2.79. The maximum absolute atomic E-state index is 10.8. The van der Waals surface area contributed by atoms with E-state index in [1.54, 1.807) is 0 Å². The highest BCUT2D eigenvalue weighted by atomic mass is 35.5. The summed E-state index contributed by atoms with van der Waals surface area (Å²) in [7, 11) is 0. The third kappa shape index (κ3) is 5.36. The van der Waals surface area contributed by atoms with Crippen LogP contribution >= 0.6 is 11.6 Å². The smallest absolute Gasteiger partial charge is 0.271 e. The molecule has 1 aromatic rings. The quantitative estimate of drug-likeness (QED) is 0.150. The number of aliphatic hydroxyl groups is 7. The van der Waals surface area contributed by atoms with E-state index in [2.05, 4.69) is 0 Å². The molecular weight excluding hydrogens is 474 g/mol. The zero-order chi connectivity index (χ0) is 24.4. The molecule has 2 heterocycles. The fourth-order valence-corrected chi connectivity index (χ4v) is 3.70. The van der Waals surface area contributed by atoms with E-state index in [4.69, 9.17) is 30.5 Å². The summed E-state index contributed by atoms with van der Waals surface area (Å²) < 4.78 is 21.5. The molecule has 15 heteroatoms. The first kappa shape index (κ1) is 25.9. The maximum atomic E-state index is 10.8. The number of aliphatic hydroxyl groups excluding tert-OH is 7. The van der Waals surface area contributed by atoms with Gasteiger partial charge in [0.1, 0.15) is 54.6 Å². The van der Waals surface area contributed by atoms with E-state index in [9.17, 15) is 45.9 Å². The number of halogens is 1. The van der Waals surface area contributed by atoms with Crippen LogP contribution in [-0.2, 0) is 14.2 Å². The first-order valence-corrected chi connectivity index (χ1v) is 10.2. The minimum atomic E-state index is -1.79. The molecule has 10 atom stereocenters. The number of nitrogens with zero attached hydrogens (tertiary/aromatic N) is 1. The molecule has 2 aliphatic heterocycles. The Kier molecular flexibility index (Phi) is 8.41. The van der Waals surface area contributed by atoms with Gasteiger partial charge in [-0.05, 0) is 6.07 Å². The Morgan fingerprint density at radius 2 is 1.52 bits per heavy atom. The van der Waals surface area contributed by atoms with Crippen LogP contribution in [0.25, 0.3) is 0 Å². The highest BCUT2D eigenvalue weighted by molar-refractivity contribution is 6.32. The normalized spacial score (nSPS) is 39.3. The van der Waals surface area contributed by atoms with Gasteiger partial charge in [0.25, 0.3) is 5.69 Å². The van der Waals surface area contributed by atoms with Gasteiger partial charge in [0.2, 0.25) is 6.29 Å². The summed E-state index contributed by atoms with van der Waals surface area (Å²) in [5.41, 5.74) is -0.307. The van der Waals surface area contributed by atoms with Crippen molar-refractivity contribution in [3.8, 4) is 5.75 Å². The van der Waals surface area contributed by atoms with Crippen LogP contribution < -0.4 is 4.74 Å². The number of ether oxygens (including phenoxy) is 4. The Morgan fingerprint density at radius 3 is 2.09 bits per heavy atom. The van der Waals surface area contributed by atoms with Crippen LogP contribution in [0.4, 0.5) is 5.69 Å². The number of rotatable bonds is 7. The van der Waals surface area contributed by atoms with Gasteiger partial charge in [-0.3, -0.25) is 10.1 Å². The van der Waals surface area contributed by atoms with Gasteiger partial charge >= 0.3 is 0 Å². The van der Waals surface area contributed by atoms with E-state index >= 15 is 0 Å². The molecule has 0 aromatic heterocycles. The molecule has 2 aliphatic rings. The summed E-state index contributed by atoms with van der Waals surface area (Å²) in [5.74, 6) is -0.108. The van der Waals surface area contributed by atoms with E-state index in [-0.39, 0.29) is 16.5 Å². The molecule has 0 spiro atoms. The molecule has 14 nitrogen and oxygen atoms in total. The second-order valence-electron chi connectivity index (χ2n) is 7.49. The summed E-state index contributed by atoms with van der Waals surface area (Å²) in [6, 6.07) is 3.27. The predicted octanol–water partition coefficient (Wildman–Crippen LogP) is -2.75. The third-order valence-electron chi connectivity index (χ3n) is 5.33. The van der Waals surface area contributed by atoms with E-state index in [0.717, 1.165) is 18.2 Å². The van der Waals surface area contributed by atoms with Crippen molar-refractivity contribution in [3.05, 3.63) is 33.3 Å². The number of nitro groups is 1. The van der Waals surface area contributed by atoms with Gasteiger partial charge in [-0.1, -0.05) is 11.6 Å². The van der Waals surface area contributed by atoms with E-state index in [1.165, 1.54) is 0 Å². The Morgan fingerprint density at radius 1 is 0.909 bits per heavy atom. The van der Waals surface area contributed by atoms with Crippen LogP contribution in [-0.4, -0.2) is 115 Å². The van der Waals surface area contributed by atoms with Crippen LogP contribution in [0.3, 0.4) is 0 Å². The molecule has 3 rings (SSSR count). The van der Waals surface area contributed by atoms with Crippen LogP contribution in [0, 0.1) is 10.1 Å². The van der Waals surface area contributed by atoms with Crippen LogP contribution in [0.2, 0.25) is 5.02 Å². The molecule has 0 saturated carbocycles. The minimum Gasteiger partial charge on any atom is -0.460 e. The lowest BCUT2D eigenvalue weighted by molar-refractivity contribution is -0.384. The monoisotopic (exact) mass is 497 g/mol. The number of nitro benzene ring substituents is 1. The summed E-state index contributed by atoms with van der Waals surface area (Å²) in [4.78, 5) is 10.2. The molecule has 0 radical (unpaired) electrons. The fourth-order valence-electron chi connectivity index (χ4n) is 3.48. The summed E-state index contributed by atoms with van der Waals surface area (Å²) in [5, 5.41) is 80.5. The predicted molar refractivity (Wildman–Crippen MR) is 105 cm³/mol. The minimum absolute atomic E-state index is 0.108. The van der Waals surface area contributed by atoms with Gasteiger partial charge in [-0.15, -0.1) is 0 Å². The van der Waals surface area contributed by atoms with Gasteiger partial charge in [0.15, 0.2) is 6.29 Å². The van der Waals surface area contributed by atoms with Crippen molar-refractivity contribution in [1.82, 2.24) is 0 Å². The Hall–Kier alpha value is -1.69. The molecule has 0 unspecified atom stereocenters. The standard InChI is InChI=1S/C18H24ClNO13/c19-7-3-6(20(28)29)1-2-8(7)30-17-15(27)13(25)16(10(5-22)32-17)33-18-14(26)12(24)11(23)9(4-21)31-18/h1-3,9-18,21-27H,4-5H2/t9-,10-,11-,12+,13+,14-,15+,16+,17+,18+/m0/s1. The van der Waals surface area contributed by atoms with Crippen molar-refractivity contribution in [3.63, 3.8) is 0 Å². The van der Waals surface area contributed by atoms with Crippen molar-refractivity contribution in [1.29, 1.82) is 0 Å². The molecule has 33 heavy (non-hydrogen) atoms.